The van der Waals surface area contributed by atoms with E-state index in [9.17, 15) is 4.79 Å². The van der Waals surface area contributed by atoms with Gasteiger partial charge in [-0.3, -0.25) is 4.79 Å². The summed E-state index contributed by atoms with van der Waals surface area (Å²) in [7, 11) is 1.59. The van der Waals surface area contributed by atoms with Crippen LogP contribution < -0.4 is 14.8 Å². The monoisotopic (exact) mass is 497 g/mol. The summed E-state index contributed by atoms with van der Waals surface area (Å²) in [6, 6.07) is 14.8. The molecule has 1 amide bonds. The zero-order valence-electron chi connectivity index (χ0n) is 14.3. The Kier molecular flexibility index (Phi) is 6.93. The van der Waals surface area contributed by atoms with Crippen LogP contribution in [0.1, 0.15) is 5.89 Å². The zero-order chi connectivity index (χ0) is 19.1. The first-order valence-corrected chi connectivity index (χ1v) is 9.96. The molecule has 0 bridgehead atoms. The molecule has 0 radical (unpaired) electrons. The number of nitrogens with one attached hydrogen (secondary N) is 1. The third-order valence-electron chi connectivity index (χ3n) is 3.31. The second-order valence-corrected chi connectivity index (χ2v) is 7.45. The molecule has 0 atom stereocenters. The molecule has 0 aliphatic carbocycles. The maximum absolute atomic E-state index is 12.0. The molecular formula is C18H16IN3O4S. The number of benzene rings is 2. The van der Waals surface area contributed by atoms with Crippen molar-refractivity contribution in [2.45, 2.75) is 11.8 Å². The van der Waals surface area contributed by atoms with Crippen LogP contribution in [0.4, 0.5) is 5.69 Å². The summed E-state index contributed by atoms with van der Waals surface area (Å²) in [5.41, 5.74) is 0.749. The number of anilines is 1. The highest BCUT2D eigenvalue weighted by Gasteiger charge is 2.11. The van der Waals surface area contributed by atoms with Crippen molar-refractivity contribution >= 4 is 45.9 Å². The number of methoxy groups -OCH3 is 1. The number of thioether (sulfide) groups is 1. The molecule has 1 aromatic heterocycles. The van der Waals surface area contributed by atoms with Crippen molar-refractivity contribution in [3.8, 4) is 11.5 Å². The fourth-order valence-electron chi connectivity index (χ4n) is 2.05. The van der Waals surface area contributed by atoms with Gasteiger partial charge in [0.15, 0.2) is 6.61 Å². The Bertz CT molecular complexity index is 902. The van der Waals surface area contributed by atoms with E-state index in [0.717, 1.165) is 9.26 Å². The van der Waals surface area contributed by atoms with Crippen LogP contribution in [0.15, 0.2) is 58.2 Å². The molecule has 1 heterocycles. The summed E-state index contributed by atoms with van der Waals surface area (Å²) < 4.78 is 17.3. The Balaban J connectivity index is 1.46. The van der Waals surface area contributed by atoms with E-state index >= 15 is 0 Å². The second-order valence-electron chi connectivity index (χ2n) is 5.27. The van der Waals surface area contributed by atoms with Crippen molar-refractivity contribution in [1.29, 1.82) is 0 Å². The van der Waals surface area contributed by atoms with Gasteiger partial charge < -0.3 is 19.2 Å². The lowest BCUT2D eigenvalue weighted by Gasteiger charge is -2.05. The molecule has 9 heteroatoms. The minimum Gasteiger partial charge on any atom is -0.497 e. The molecule has 0 unspecified atom stereocenters. The molecule has 0 saturated carbocycles. The lowest BCUT2D eigenvalue weighted by molar-refractivity contribution is -0.113. The fourth-order valence-corrected chi connectivity index (χ4v) is 2.99. The third kappa shape index (κ3) is 6.14. The molecule has 0 aliphatic heterocycles. The summed E-state index contributed by atoms with van der Waals surface area (Å²) >= 11 is 3.38. The Hall–Kier alpha value is -2.27. The van der Waals surface area contributed by atoms with E-state index in [-0.39, 0.29) is 18.3 Å². The minimum absolute atomic E-state index is 0.134. The van der Waals surface area contributed by atoms with Crippen molar-refractivity contribution in [3.63, 3.8) is 0 Å². The smallest absolute Gasteiger partial charge is 0.277 e. The van der Waals surface area contributed by atoms with Gasteiger partial charge in [0.05, 0.1) is 12.9 Å². The highest BCUT2D eigenvalue weighted by molar-refractivity contribution is 14.1. The van der Waals surface area contributed by atoms with E-state index in [1.807, 2.05) is 42.5 Å². The number of ether oxygens (including phenoxy) is 2. The van der Waals surface area contributed by atoms with Gasteiger partial charge in [-0.2, -0.15) is 0 Å². The first kappa shape index (κ1) is 19.5. The molecule has 3 aromatic rings. The number of nitrogens with zero attached hydrogens (tertiary/aromatic N) is 2. The van der Waals surface area contributed by atoms with Gasteiger partial charge >= 0.3 is 0 Å². The van der Waals surface area contributed by atoms with E-state index < -0.39 is 0 Å². The maximum atomic E-state index is 12.0. The van der Waals surface area contributed by atoms with Gasteiger partial charge in [0, 0.05) is 15.3 Å². The normalized spacial score (nSPS) is 10.4. The number of carbonyl (C=O) groups is 1. The van der Waals surface area contributed by atoms with Crippen LogP contribution in [0.25, 0.3) is 0 Å². The molecule has 1 N–H and O–H groups in total. The third-order valence-corrected chi connectivity index (χ3v) is 4.84. The largest absolute Gasteiger partial charge is 0.497 e. The first-order valence-electron chi connectivity index (χ1n) is 7.90. The van der Waals surface area contributed by atoms with Crippen LogP contribution in [0, 0.1) is 3.57 Å². The van der Waals surface area contributed by atoms with Crippen LogP contribution in [0.5, 0.6) is 11.5 Å². The molecule has 0 fully saturated rings. The molecule has 7 nitrogen and oxygen atoms in total. The van der Waals surface area contributed by atoms with Crippen molar-refractivity contribution in [3.05, 3.63) is 58.0 Å². The van der Waals surface area contributed by atoms with Crippen molar-refractivity contribution in [1.82, 2.24) is 10.2 Å². The van der Waals surface area contributed by atoms with Crippen LogP contribution in [0.3, 0.4) is 0 Å². The second kappa shape index (κ2) is 9.60. The van der Waals surface area contributed by atoms with Gasteiger partial charge in [-0.1, -0.05) is 17.8 Å². The molecule has 140 valence electrons. The quantitative estimate of drug-likeness (QED) is 0.372. The van der Waals surface area contributed by atoms with Crippen LogP contribution in [-0.2, 0) is 11.4 Å². The van der Waals surface area contributed by atoms with Gasteiger partial charge in [-0.05, 0) is 59.0 Å². The number of carbonyl (C=O) groups excluding carboxylic acids is 1. The van der Waals surface area contributed by atoms with Gasteiger partial charge in [0.25, 0.3) is 11.1 Å². The van der Waals surface area contributed by atoms with Crippen LogP contribution >= 0.6 is 34.4 Å². The van der Waals surface area contributed by atoms with Crippen molar-refractivity contribution in [2.75, 3.05) is 18.2 Å². The van der Waals surface area contributed by atoms with Crippen molar-refractivity contribution < 1.29 is 18.7 Å². The maximum Gasteiger partial charge on any atom is 0.277 e. The van der Waals surface area contributed by atoms with E-state index in [1.165, 1.54) is 11.8 Å². The van der Waals surface area contributed by atoms with Crippen molar-refractivity contribution in [2.24, 2.45) is 0 Å². The predicted molar refractivity (Wildman–Crippen MR) is 110 cm³/mol. The molecule has 0 spiro atoms. The topological polar surface area (TPSA) is 86.5 Å². The average molecular weight is 497 g/mol. The standard InChI is InChI=1S/C18H16IN3O4S/c1-24-14-3-2-4-15(9-14)25-10-17-21-22-18(26-17)27-11-16(23)20-13-7-5-12(19)6-8-13/h2-9H,10-11H2,1H3,(H,20,23). The Labute approximate surface area is 174 Å². The molecule has 27 heavy (non-hydrogen) atoms. The van der Waals surface area contributed by atoms with E-state index in [2.05, 4.69) is 38.1 Å². The molecule has 2 aromatic carbocycles. The predicted octanol–water partition coefficient (Wildman–Crippen LogP) is 3.99. The summed E-state index contributed by atoms with van der Waals surface area (Å²) in [4.78, 5) is 12.0. The van der Waals surface area contributed by atoms with Gasteiger partial charge in [0.1, 0.15) is 11.5 Å². The fraction of sp³-hybridized carbons (Fsp3) is 0.167. The summed E-state index contributed by atoms with van der Waals surface area (Å²) in [5, 5.41) is 11.0. The highest BCUT2D eigenvalue weighted by Crippen LogP contribution is 2.21. The first-order chi connectivity index (χ1) is 13.1. The van der Waals surface area contributed by atoms with E-state index in [0.29, 0.717) is 22.6 Å². The highest BCUT2D eigenvalue weighted by atomic mass is 127. The Morgan fingerprint density at radius 2 is 1.96 bits per heavy atom. The minimum atomic E-state index is -0.145. The summed E-state index contributed by atoms with van der Waals surface area (Å²) in [6.07, 6.45) is 0. The number of halogens is 1. The number of amides is 1. The summed E-state index contributed by atoms with van der Waals surface area (Å²) in [5.74, 6) is 1.70. The Morgan fingerprint density at radius 3 is 2.74 bits per heavy atom. The lowest BCUT2D eigenvalue weighted by atomic mass is 10.3. The summed E-state index contributed by atoms with van der Waals surface area (Å²) in [6.45, 7) is 0.134. The Morgan fingerprint density at radius 1 is 1.19 bits per heavy atom. The zero-order valence-corrected chi connectivity index (χ0v) is 17.3. The SMILES string of the molecule is COc1cccc(OCc2nnc(SCC(=O)Nc3ccc(I)cc3)o2)c1. The number of rotatable bonds is 8. The van der Waals surface area contributed by atoms with Gasteiger partial charge in [-0.15, -0.1) is 10.2 Å². The molecule has 0 aliphatic rings. The van der Waals surface area contributed by atoms with Crippen LogP contribution in [0.2, 0.25) is 0 Å². The van der Waals surface area contributed by atoms with E-state index in [1.54, 1.807) is 13.2 Å². The number of aromatic nitrogens is 2. The number of hydrogen-bond donors (Lipinski definition) is 1. The van der Waals surface area contributed by atoms with Gasteiger partial charge in [0.2, 0.25) is 5.91 Å². The lowest BCUT2D eigenvalue weighted by Crippen LogP contribution is -2.13. The molecular weight excluding hydrogens is 481 g/mol. The average Bonchev–Trinajstić information content (AvgIpc) is 3.15. The number of hydrogen-bond acceptors (Lipinski definition) is 7. The molecule has 0 saturated heterocycles. The van der Waals surface area contributed by atoms with E-state index in [4.69, 9.17) is 13.9 Å². The molecule has 3 rings (SSSR count). The van der Waals surface area contributed by atoms with Gasteiger partial charge in [-0.25, -0.2) is 0 Å². The van der Waals surface area contributed by atoms with Crippen LogP contribution in [-0.4, -0.2) is 29.0 Å².